The van der Waals surface area contributed by atoms with Gasteiger partial charge in [-0.25, -0.2) is 13.1 Å². The van der Waals surface area contributed by atoms with Gasteiger partial charge in [0.2, 0.25) is 10.0 Å². The lowest BCUT2D eigenvalue weighted by molar-refractivity contribution is 0.581. The van der Waals surface area contributed by atoms with E-state index in [9.17, 15) is 8.42 Å². The van der Waals surface area contributed by atoms with E-state index in [-0.39, 0.29) is 0 Å². The lowest BCUT2D eigenvalue weighted by Gasteiger charge is -2.07. The molecule has 0 spiro atoms. The van der Waals surface area contributed by atoms with E-state index < -0.39 is 10.0 Å². The summed E-state index contributed by atoms with van der Waals surface area (Å²) < 4.78 is 26.5. The molecule has 1 aromatic rings. The number of thioether (sulfide) groups is 1. The normalized spacial score (nSPS) is 11.7. The van der Waals surface area contributed by atoms with Crippen LogP contribution >= 0.6 is 11.8 Å². The summed E-state index contributed by atoms with van der Waals surface area (Å²) >= 11 is 1.71. The quantitative estimate of drug-likeness (QED) is 0.711. The van der Waals surface area contributed by atoms with Crippen molar-refractivity contribution in [3.8, 4) is 0 Å². The van der Waals surface area contributed by atoms with Gasteiger partial charge in [-0.3, -0.25) is 0 Å². The largest absolute Gasteiger partial charge is 0.316 e. The van der Waals surface area contributed by atoms with Gasteiger partial charge in [0, 0.05) is 13.1 Å². The van der Waals surface area contributed by atoms with Crippen LogP contribution in [0.1, 0.15) is 12.0 Å². The monoisotopic (exact) mass is 288 g/mol. The first-order valence-corrected chi connectivity index (χ1v) is 8.70. The van der Waals surface area contributed by atoms with E-state index in [0.29, 0.717) is 11.4 Å². The maximum absolute atomic E-state index is 11.9. The molecule has 102 valence electrons. The molecule has 0 unspecified atom stereocenters. The van der Waals surface area contributed by atoms with Crippen molar-refractivity contribution in [2.24, 2.45) is 0 Å². The van der Waals surface area contributed by atoms with Crippen LogP contribution in [0, 0.1) is 0 Å². The van der Waals surface area contributed by atoms with E-state index in [2.05, 4.69) is 10.0 Å². The number of sulfonamides is 1. The van der Waals surface area contributed by atoms with Crippen molar-refractivity contribution >= 4 is 21.8 Å². The standard InChI is InChI=1S/C12H20N2O2S2/c1-13-10-11-4-6-12(7-5-11)18(15,16)14-8-3-9-17-2/h4-7,13-14H,3,8-10H2,1-2H3. The molecular weight excluding hydrogens is 268 g/mol. The Bertz CT molecular complexity index is 444. The lowest BCUT2D eigenvalue weighted by Crippen LogP contribution is -2.25. The number of rotatable bonds is 8. The Morgan fingerprint density at radius 3 is 2.44 bits per heavy atom. The van der Waals surface area contributed by atoms with Crippen molar-refractivity contribution in [2.45, 2.75) is 17.9 Å². The molecule has 4 nitrogen and oxygen atoms in total. The molecule has 0 saturated heterocycles. The first-order valence-electron chi connectivity index (χ1n) is 5.82. The molecule has 0 aromatic heterocycles. The predicted octanol–water partition coefficient (Wildman–Crippen LogP) is 1.44. The molecule has 0 radical (unpaired) electrons. The van der Waals surface area contributed by atoms with Crippen LogP contribution < -0.4 is 10.0 Å². The Morgan fingerprint density at radius 1 is 1.22 bits per heavy atom. The summed E-state index contributed by atoms with van der Waals surface area (Å²) in [6.45, 7) is 1.23. The molecule has 18 heavy (non-hydrogen) atoms. The minimum atomic E-state index is -3.35. The zero-order chi connectivity index (χ0) is 13.4. The zero-order valence-corrected chi connectivity index (χ0v) is 12.4. The summed E-state index contributed by atoms with van der Waals surface area (Å²) in [4.78, 5) is 0.325. The van der Waals surface area contributed by atoms with Gasteiger partial charge >= 0.3 is 0 Å². The van der Waals surface area contributed by atoms with Crippen LogP contribution in [0.5, 0.6) is 0 Å². The first-order chi connectivity index (χ1) is 8.60. The lowest BCUT2D eigenvalue weighted by atomic mass is 10.2. The molecule has 0 aliphatic carbocycles. The van der Waals surface area contributed by atoms with Gasteiger partial charge in [0.15, 0.2) is 0 Å². The molecule has 0 aliphatic rings. The van der Waals surface area contributed by atoms with Crippen molar-refractivity contribution in [2.75, 3.05) is 25.6 Å². The third-order valence-corrected chi connectivity index (χ3v) is 4.61. The highest BCUT2D eigenvalue weighted by Crippen LogP contribution is 2.10. The SMILES string of the molecule is CNCc1ccc(S(=O)(=O)NCCCSC)cc1. The average Bonchev–Trinajstić information content (AvgIpc) is 2.36. The highest BCUT2D eigenvalue weighted by atomic mass is 32.2. The molecule has 6 heteroatoms. The van der Waals surface area contributed by atoms with Crippen molar-refractivity contribution in [3.63, 3.8) is 0 Å². The Morgan fingerprint density at radius 2 is 1.89 bits per heavy atom. The molecule has 0 amide bonds. The van der Waals surface area contributed by atoms with Gasteiger partial charge in [0.05, 0.1) is 4.90 Å². The molecule has 0 saturated carbocycles. The van der Waals surface area contributed by atoms with Gasteiger partial charge in [-0.2, -0.15) is 11.8 Å². The van der Waals surface area contributed by atoms with Gasteiger partial charge in [-0.1, -0.05) is 12.1 Å². The summed E-state index contributed by atoms with van der Waals surface area (Å²) in [6, 6.07) is 6.94. The van der Waals surface area contributed by atoms with Crippen molar-refractivity contribution in [1.29, 1.82) is 0 Å². The Balaban J connectivity index is 2.61. The minimum absolute atomic E-state index is 0.325. The fourth-order valence-corrected chi connectivity index (χ4v) is 3.00. The molecule has 0 heterocycles. The maximum atomic E-state index is 11.9. The van der Waals surface area contributed by atoms with Crippen LogP contribution in [0.2, 0.25) is 0 Å². The van der Waals surface area contributed by atoms with Crippen LogP contribution in [0.15, 0.2) is 29.2 Å². The van der Waals surface area contributed by atoms with Gasteiger partial charge in [0.1, 0.15) is 0 Å². The number of benzene rings is 1. The Kier molecular flexibility index (Phi) is 6.70. The fraction of sp³-hybridized carbons (Fsp3) is 0.500. The van der Waals surface area contributed by atoms with Crippen LogP contribution in [0.3, 0.4) is 0 Å². The van der Waals surface area contributed by atoms with E-state index in [4.69, 9.17) is 0 Å². The average molecular weight is 288 g/mol. The van der Waals surface area contributed by atoms with E-state index in [0.717, 1.165) is 24.3 Å². The fourth-order valence-electron chi connectivity index (χ4n) is 1.50. The molecular formula is C12H20N2O2S2. The number of hydrogen-bond acceptors (Lipinski definition) is 4. The summed E-state index contributed by atoms with van der Waals surface area (Å²) in [5.41, 5.74) is 1.07. The van der Waals surface area contributed by atoms with Crippen molar-refractivity contribution in [1.82, 2.24) is 10.0 Å². The first kappa shape index (κ1) is 15.5. The summed E-state index contributed by atoms with van der Waals surface area (Å²) in [5.74, 6) is 0.962. The zero-order valence-electron chi connectivity index (χ0n) is 10.8. The second kappa shape index (κ2) is 7.78. The number of nitrogens with one attached hydrogen (secondary N) is 2. The number of hydrogen-bond donors (Lipinski definition) is 2. The Hall–Kier alpha value is -0.560. The summed E-state index contributed by atoms with van der Waals surface area (Å²) in [7, 11) is -1.49. The highest BCUT2D eigenvalue weighted by Gasteiger charge is 2.12. The molecule has 0 fully saturated rings. The van der Waals surface area contributed by atoms with Gasteiger partial charge in [-0.05, 0) is 43.2 Å². The second-order valence-electron chi connectivity index (χ2n) is 3.92. The van der Waals surface area contributed by atoms with Crippen LogP contribution in [0.25, 0.3) is 0 Å². The Labute approximate surface area is 114 Å². The van der Waals surface area contributed by atoms with Crippen molar-refractivity contribution in [3.05, 3.63) is 29.8 Å². The van der Waals surface area contributed by atoms with Gasteiger partial charge in [-0.15, -0.1) is 0 Å². The summed E-state index contributed by atoms with van der Waals surface area (Å²) in [5, 5.41) is 3.02. The predicted molar refractivity (Wildman–Crippen MR) is 77.4 cm³/mol. The van der Waals surface area contributed by atoms with E-state index >= 15 is 0 Å². The third kappa shape index (κ3) is 4.97. The smallest absolute Gasteiger partial charge is 0.240 e. The van der Waals surface area contributed by atoms with E-state index in [1.807, 2.05) is 25.4 Å². The molecule has 2 N–H and O–H groups in total. The van der Waals surface area contributed by atoms with Crippen molar-refractivity contribution < 1.29 is 8.42 Å². The van der Waals surface area contributed by atoms with Crippen LogP contribution in [-0.2, 0) is 16.6 Å². The van der Waals surface area contributed by atoms with Gasteiger partial charge in [0.25, 0.3) is 0 Å². The molecule has 0 bridgehead atoms. The molecule has 0 aliphatic heterocycles. The third-order valence-electron chi connectivity index (χ3n) is 2.43. The molecule has 1 rings (SSSR count). The topological polar surface area (TPSA) is 58.2 Å². The second-order valence-corrected chi connectivity index (χ2v) is 6.67. The maximum Gasteiger partial charge on any atom is 0.240 e. The van der Waals surface area contributed by atoms with Gasteiger partial charge < -0.3 is 5.32 Å². The van der Waals surface area contributed by atoms with Crippen LogP contribution in [-0.4, -0.2) is 34.0 Å². The summed E-state index contributed by atoms with van der Waals surface area (Å²) in [6.07, 6.45) is 2.85. The minimum Gasteiger partial charge on any atom is -0.316 e. The van der Waals surface area contributed by atoms with E-state index in [1.54, 1.807) is 23.9 Å². The molecule has 0 atom stereocenters. The highest BCUT2D eigenvalue weighted by molar-refractivity contribution is 7.98. The molecule has 1 aromatic carbocycles. The van der Waals surface area contributed by atoms with E-state index in [1.165, 1.54) is 0 Å². The van der Waals surface area contributed by atoms with Crippen LogP contribution in [0.4, 0.5) is 0 Å².